The minimum Gasteiger partial charge on any atom is -0.359 e. The molecule has 0 atom stereocenters. The van der Waals surface area contributed by atoms with Crippen LogP contribution in [-0.2, 0) is 4.79 Å². The molecule has 1 amide bonds. The van der Waals surface area contributed by atoms with Crippen molar-refractivity contribution in [3.05, 3.63) is 0 Å². The Morgan fingerprint density at radius 3 is 2.48 bits per heavy atom. The van der Waals surface area contributed by atoms with Gasteiger partial charge in [0.15, 0.2) is 5.96 Å². The average Bonchev–Trinajstić information content (AvgIpc) is 2.53. The summed E-state index contributed by atoms with van der Waals surface area (Å²) in [4.78, 5) is 19.3. The third-order valence-electron chi connectivity index (χ3n) is 4.19. The van der Waals surface area contributed by atoms with Gasteiger partial charge in [0.2, 0.25) is 5.91 Å². The van der Waals surface area contributed by atoms with E-state index in [1.54, 1.807) is 7.05 Å². The molecule has 2 N–H and O–H groups in total. The molecule has 0 aromatic carbocycles. The number of carbonyl (C=O) groups excluding carboxylic acids is 1. The van der Waals surface area contributed by atoms with E-state index >= 15 is 0 Å². The fraction of sp³-hybridized carbons (Fsp3) is 0.875. The highest BCUT2D eigenvalue weighted by atomic mass is 19.4. The minimum atomic E-state index is -4.18. The molecule has 1 heterocycles. The minimum absolute atomic E-state index is 0.0618. The van der Waals surface area contributed by atoms with Crippen LogP contribution in [-0.4, -0.2) is 81.2 Å². The first-order valence-electron chi connectivity index (χ1n) is 8.74. The lowest BCUT2D eigenvalue weighted by molar-refractivity contribution is -0.142. The van der Waals surface area contributed by atoms with Gasteiger partial charge >= 0.3 is 6.18 Å². The van der Waals surface area contributed by atoms with Gasteiger partial charge in [0, 0.05) is 39.6 Å². The number of hydrogen-bond donors (Lipinski definition) is 2. The molecule has 1 fully saturated rings. The van der Waals surface area contributed by atoms with E-state index in [9.17, 15) is 18.0 Å². The summed E-state index contributed by atoms with van der Waals surface area (Å²) < 4.78 is 37.0. The lowest BCUT2D eigenvalue weighted by atomic mass is 9.93. The van der Waals surface area contributed by atoms with Crippen LogP contribution < -0.4 is 10.6 Å². The van der Waals surface area contributed by atoms with E-state index in [0.29, 0.717) is 25.4 Å². The van der Waals surface area contributed by atoms with Crippen LogP contribution in [0, 0.1) is 5.92 Å². The maximum absolute atomic E-state index is 12.3. The zero-order valence-corrected chi connectivity index (χ0v) is 15.3. The summed E-state index contributed by atoms with van der Waals surface area (Å²) >= 11 is 0. The van der Waals surface area contributed by atoms with Crippen molar-refractivity contribution in [1.82, 2.24) is 20.4 Å². The Hall–Kier alpha value is -1.51. The molecular formula is C16H30F3N5O. The number of halogens is 3. The predicted molar refractivity (Wildman–Crippen MR) is 92.5 cm³/mol. The number of nitrogens with one attached hydrogen (secondary N) is 2. The van der Waals surface area contributed by atoms with Crippen molar-refractivity contribution in [2.24, 2.45) is 10.9 Å². The van der Waals surface area contributed by atoms with Crippen LogP contribution in [0.3, 0.4) is 0 Å². The molecule has 1 rings (SSSR count). The van der Waals surface area contributed by atoms with Gasteiger partial charge in [-0.2, -0.15) is 13.2 Å². The SMILES string of the molecule is CCNC(=NCCN(C)CC(F)(F)F)N1CCC(CC(=O)NC)CC1. The van der Waals surface area contributed by atoms with Crippen molar-refractivity contribution >= 4 is 11.9 Å². The standard InChI is InChI=1S/C16H30F3N5O/c1-4-21-15(22-7-10-23(3)12-16(17,18)19)24-8-5-13(6-9-24)11-14(25)20-2/h13H,4-12H2,1-3H3,(H,20,25)(H,21,22). The van der Waals surface area contributed by atoms with Crippen molar-refractivity contribution in [2.45, 2.75) is 32.4 Å². The molecule has 0 radical (unpaired) electrons. The smallest absolute Gasteiger partial charge is 0.359 e. The summed E-state index contributed by atoms with van der Waals surface area (Å²) in [6, 6.07) is 0. The molecule has 1 aliphatic heterocycles. The quantitative estimate of drug-likeness (QED) is 0.527. The summed E-state index contributed by atoms with van der Waals surface area (Å²) in [5, 5.41) is 5.84. The zero-order valence-electron chi connectivity index (χ0n) is 15.3. The highest BCUT2D eigenvalue weighted by molar-refractivity contribution is 5.80. The van der Waals surface area contributed by atoms with Crippen molar-refractivity contribution < 1.29 is 18.0 Å². The molecular weight excluding hydrogens is 335 g/mol. The maximum Gasteiger partial charge on any atom is 0.401 e. The summed E-state index contributed by atoms with van der Waals surface area (Å²) in [5.74, 6) is 1.17. The number of amides is 1. The van der Waals surface area contributed by atoms with Gasteiger partial charge in [0.05, 0.1) is 13.1 Å². The first-order valence-corrected chi connectivity index (χ1v) is 8.74. The topological polar surface area (TPSA) is 60.0 Å². The Bertz CT molecular complexity index is 434. The molecule has 0 saturated carbocycles. The van der Waals surface area contributed by atoms with E-state index in [4.69, 9.17) is 0 Å². The zero-order chi connectivity index (χ0) is 18.9. The first-order chi connectivity index (χ1) is 11.7. The number of guanidine groups is 1. The Balaban J connectivity index is 2.47. The van der Waals surface area contributed by atoms with Crippen molar-refractivity contribution in [3.8, 4) is 0 Å². The van der Waals surface area contributed by atoms with Gasteiger partial charge in [-0.15, -0.1) is 0 Å². The third kappa shape index (κ3) is 8.94. The van der Waals surface area contributed by atoms with Crippen LogP contribution in [0.1, 0.15) is 26.2 Å². The highest BCUT2D eigenvalue weighted by Crippen LogP contribution is 2.20. The maximum atomic E-state index is 12.3. The molecule has 25 heavy (non-hydrogen) atoms. The monoisotopic (exact) mass is 365 g/mol. The number of carbonyl (C=O) groups is 1. The number of likely N-dealkylation sites (tertiary alicyclic amines) is 1. The molecule has 0 bridgehead atoms. The average molecular weight is 365 g/mol. The lowest BCUT2D eigenvalue weighted by Crippen LogP contribution is -2.46. The van der Waals surface area contributed by atoms with Gasteiger partial charge in [-0.25, -0.2) is 0 Å². The van der Waals surface area contributed by atoms with E-state index in [0.717, 1.165) is 31.9 Å². The highest BCUT2D eigenvalue weighted by Gasteiger charge is 2.29. The largest absolute Gasteiger partial charge is 0.401 e. The van der Waals surface area contributed by atoms with Crippen LogP contribution >= 0.6 is 0 Å². The molecule has 146 valence electrons. The molecule has 1 aliphatic rings. The van der Waals surface area contributed by atoms with Crippen molar-refractivity contribution in [2.75, 3.05) is 53.4 Å². The van der Waals surface area contributed by atoms with Crippen LogP contribution in [0.4, 0.5) is 13.2 Å². The number of alkyl halides is 3. The van der Waals surface area contributed by atoms with Crippen LogP contribution in [0.15, 0.2) is 4.99 Å². The number of piperidine rings is 1. The van der Waals surface area contributed by atoms with Crippen molar-refractivity contribution in [1.29, 1.82) is 0 Å². The summed E-state index contributed by atoms with van der Waals surface area (Å²) in [6.45, 7) is 3.90. The van der Waals surface area contributed by atoms with E-state index in [2.05, 4.69) is 20.5 Å². The molecule has 0 aromatic heterocycles. The molecule has 6 nitrogen and oxygen atoms in total. The first kappa shape index (κ1) is 21.5. The Morgan fingerprint density at radius 2 is 1.96 bits per heavy atom. The van der Waals surface area contributed by atoms with Gasteiger partial charge in [-0.05, 0) is 32.7 Å². The number of likely N-dealkylation sites (N-methyl/N-ethyl adjacent to an activating group) is 1. The van der Waals surface area contributed by atoms with Crippen molar-refractivity contribution in [3.63, 3.8) is 0 Å². The van der Waals surface area contributed by atoms with E-state index in [-0.39, 0.29) is 12.5 Å². The van der Waals surface area contributed by atoms with Crippen LogP contribution in [0.2, 0.25) is 0 Å². The fourth-order valence-electron chi connectivity index (χ4n) is 2.85. The van der Waals surface area contributed by atoms with Gasteiger partial charge in [-0.1, -0.05) is 0 Å². The van der Waals surface area contributed by atoms with Gasteiger partial charge in [0.1, 0.15) is 0 Å². The number of aliphatic imine (C=N–C) groups is 1. The second-order valence-corrected chi connectivity index (χ2v) is 6.40. The third-order valence-corrected chi connectivity index (χ3v) is 4.19. The van der Waals surface area contributed by atoms with E-state index in [1.165, 1.54) is 11.9 Å². The Kier molecular flexibility index (Phi) is 9.02. The normalized spacial score (nSPS) is 17.1. The Morgan fingerprint density at radius 1 is 1.32 bits per heavy atom. The second kappa shape index (κ2) is 10.5. The molecule has 0 spiro atoms. The van der Waals surface area contributed by atoms with Gasteiger partial charge in [-0.3, -0.25) is 14.7 Å². The molecule has 9 heteroatoms. The van der Waals surface area contributed by atoms with E-state index < -0.39 is 12.7 Å². The summed E-state index contributed by atoms with van der Waals surface area (Å²) in [6.07, 6.45) is -1.83. The second-order valence-electron chi connectivity index (χ2n) is 6.40. The van der Waals surface area contributed by atoms with E-state index in [1.807, 2.05) is 6.92 Å². The van der Waals surface area contributed by atoms with Crippen LogP contribution in [0.5, 0.6) is 0 Å². The molecule has 0 aromatic rings. The summed E-state index contributed by atoms with van der Waals surface area (Å²) in [5.41, 5.74) is 0. The number of nitrogens with zero attached hydrogens (tertiary/aromatic N) is 3. The lowest BCUT2D eigenvalue weighted by Gasteiger charge is -2.34. The van der Waals surface area contributed by atoms with Gasteiger partial charge < -0.3 is 15.5 Å². The Labute approximate surface area is 147 Å². The van der Waals surface area contributed by atoms with Gasteiger partial charge in [0.25, 0.3) is 0 Å². The molecule has 0 unspecified atom stereocenters. The fourth-order valence-corrected chi connectivity index (χ4v) is 2.85. The van der Waals surface area contributed by atoms with Crippen LogP contribution in [0.25, 0.3) is 0 Å². The molecule has 1 saturated heterocycles. The number of rotatable bonds is 7. The molecule has 0 aliphatic carbocycles. The predicted octanol–water partition coefficient (Wildman–Crippen LogP) is 1.29. The summed E-state index contributed by atoms with van der Waals surface area (Å²) in [7, 11) is 3.09. The number of hydrogen-bond acceptors (Lipinski definition) is 3.